The maximum atomic E-state index is 5.60. The highest BCUT2D eigenvalue weighted by Gasteiger charge is 2.34. The lowest BCUT2D eigenvalue weighted by atomic mass is 10.0. The van der Waals surface area contributed by atoms with Crippen LogP contribution in [0, 0.1) is 5.92 Å². The van der Waals surface area contributed by atoms with E-state index in [1.807, 2.05) is 12.3 Å². The molecule has 6 heteroatoms. The largest absolute Gasteiger partial charge is 0.379 e. The summed E-state index contributed by atoms with van der Waals surface area (Å²) in [5, 5.41) is 0. The van der Waals surface area contributed by atoms with Crippen LogP contribution in [0.3, 0.4) is 0 Å². The van der Waals surface area contributed by atoms with E-state index in [2.05, 4.69) is 31.8 Å². The van der Waals surface area contributed by atoms with E-state index in [9.17, 15) is 0 Å². The van der Waals surface area contributed by atoms with Gasteiger partial charge in [0, 0.05) is 64.0 Å². The van der Waals surface area contributed by atoms with Crippen LogP contribution in [0.4, 0.5) is 5.82 Å². The number of rotatable bonds is 4. The quantitative estimate of drug-likeness (QED) is 0.802. The highest BCUT2D eigenvalue weighted by Crippen LogP contribution is 2.20. The van der Waals surface area contributed by atoms with E-state index in [4.69, 9.17) is 9.47 Å². The first-order valence-electron chi connectivity index (χ1n) is 9.16. The molecule has 0 N–H and O–H groups in total. The summed E-state index contributed by atoms with van der Waals surface area (Å²) in [4.78, 5) is 12.1. The van der Waals surface area contributed by atoms with Crippen LogP contribution >= 0.6 is 0 Å². The average molecular weight is 332 g/mol. The van der Waals surface area contributed by atoms with Crippen LogP contribution in [-0.4, -0.2) is 93.1 Å². The molecule has 6 nitrogen and oxygen atoms in total. The molecule has 4 heterocycles. The Labute approximate surface area is 144 Å². The lowest BCUT2D eigenvalue weighted by molar-refractivity contribution is 0.00585. The topological polar surface area (TPSA) is 41.1 Å². The van der Waals surface area contributed by atoms with Crippen LogP contribution in [0.5, 0.6) is 0 Å². The molecule has 0 bridgehead atoms. The number of hydrogen-bond acceptors (Lipinski definition) is 6. The molecule has 3 fully saturated rings. The molecule has 0 aromatic carbocycles. The number of piperazine rings is 1. The molecule has 0 spiro atoms. The molecule has 0 aliphatic carbocycles. The molecule has 0 saturated carbocycles. The Balaban J connectivity index is 1.18. The van der Waals surface area contributed by atoms with Gasteiger partial charge in [0.15, 0.2) is 0 Å². The number of ether oxygens (including phenoxy) is 2. The van der Waals surface area contributed by atoms with Crippen molar-refractivity contribution in [3.8, 4) is 0 Å². The number of pyridine rings is 1. The molecule has 132 valence electrons. The Morgan fingerprint density at radius 1 is 1.00 bits per heavy atom. The fourth-order valence-electron chi connectivity index (χ4n) is 3.92. The molecule has 0 atom stereocenters. The maximum absolute atomic E-state index is 5.60. The minimum atomic E-state index is 0.537. The van der Waals surface area contributed by atoms with Crippen LogP contribution in [0.2, 0.25) is 0 Å². The third kappa shape index (κ3) is 3.88. The third-order valence-corrected chi connectivity index (χ3v) is 5.34. The van der Waals surface area contributed by atoms with Gasteiger partial charge >= 0.3 is 0 Å². The predicted octanol–water partition coefficient (Wildman–Crippen LogP) is 0.551. The zero-order valence-corrected chi connectivity index (χ0v) is 14.3. The number of aromatic nitrogens is 1. The second-order valence-corrected chi connectivity index (χ2v) is 7.10. The average Bonchev–Trinajstić information content (AvgIpc) is 2.87. The van der Waals surface area contributed by atoms with Crippen LogP contribution in [0.15, 0.2) is 24.4 Å². The molecule has 1 aromatic rings. The van der Waals surface area contributed by atoms with E-state index in [-0.39, 0.29) is 0 Å². The first-order valence-corrected chi connectivity index (χ1v) is 9.16. The Hall–Kier alpha value is -1.21. The van der Waals surface area contributed by atoms with E-state index >= 15 is 0 Å². The molecule has 3 aliphatic rings. The molecule has 0 amide bonds. The van der Waals surface area contributed by atoms with Gasteiger partial charge in [0.2, 0.25) is 0 Å². The Bertz CT molecular complexity index is 493. The van der Waals surface area contributed by atoms with Crippen molar-refractivity contribution in [2.45, 2.75) is 6.04 Å². The zero-order chi connectivity index (χ0) is 16.2. The lowest BCUT2D eigenvalue weighted by Crippen LogP contribution is -2.63. The number of hydrogen-bond donors (Lipinski definition) is 0. The summed E-state index contributed by atoms with van der Waals surface area (Å²) in [6.07, 6.45) is 1.88. The van der Waals surface area contributed by atoms with Crippen LogP contribution in [0.1, 0.15) is 0 Å². The van der Waals surface area contributed by atoms with Gasteiger partial charge in [-0.05, 0) is 12.1 Å². The first kappa shape index (κ1) is 16.3. The monoisotopic (exact) mass is 332 g/mol. The van der Waals surface area contributed by atoms with Crippen molar-refractivity contribution < 1.29 is 9.47 Å². The highest BCUT2D eigenvalue weighted by atomic mass is 16.5. The van der Waals surface area contributed by atoms with Gasteiger partial charge in [-0.25, -0.2) is 4.98 Å². The molecular weight excluding hydrogens is 304 g/mol. The van der Waals surface area contributed by atoms with Gasteiger partial charge < -0.3 is 14.4 Å². The number of nitrogens with zero attached hydrogens (tertiary/aromatic N) is 4. The standard InChI is InChI=1S/C18H28N4O2/c1-2-4-19-18(3-1)22-7-5-21(6-8-22)17-12-20(13-17)11-16-14-23-9-10-24-15-16/h1-4,16-17H,5-15H2. The lowest BCUT2D eigenvalue weighted by Gasteiger charge is -2.49. The zero-order valence-electron chi connectivity index (χ0n) is 14.3. The van der Waals surface area contributed by atoms with Gasteiger partial charge in [0.05, 0.1) is 26.4 Å². The second-order valence-electron chi connectivity index (χ2n) is 7.10. The molecular formula is C18H28N4O2. The molecule has 3 aliphatic heterocycles. The van der Waals surface area contributed by atoms with E-state index in [1.165, 1.54) is 13.1 Å². The fourth-order valence-corrected chi connectivity index (χ4v) is 3.92. The van der Waals surface area contributed by atoms with Crippen LogP contribution in [-0.2, 0) is 9.47 Å². The molecule has 0 unspecified atom stereocenters. The molecule has 24 heavy (non-hydrogen) atoms. The first-order chi connectivity index (χ1) is 11.9. The smallest absolute Gasteiger partial charge is 0.128 e. The fraction of sp³-hybridized carbons (Fsp3) is 0.722. The summed E-state index contributed by atoms with van der Waals surface area (Å²) in [6.45, 7) is 11.2. The van der Waals surface area contributed by atoms with E-state index < -0.39 is 0 Å². The van der Waals surface area contributed by atoms with Gasteiger partial charge in [-0.3, -0.25) is 9.80 Å². The summed E-state index contributed by atoms with van der Waals surface area (Å²) < 4.78 is 11.2. The van der Waals surface area contributed by atoms with Crippen molar-refractivity contribution in [1.29, 1.82) is 0 Å². The van der Waals surface area contributed by atoms with Gasteiger partial charge in [0.25, 0.3) is 0 Å². The second kappa shape index (κ2) is 7.78. The summed E-state index contributed by atoms with van der Waals surface area (Å²) in [5.41, 5.74) is 0. The number of likely N-dealkylation sites (tertiary alicyclic amines) is 1. The molecule has 0 radical (unpaired) electrons. The van der Waals surface area contributed by atoms with Crippen LogP contribution < -0.4 is 4.90 Å². The van der Waals surface area contributed by atoms with Gasteiger partial charge in [0.1, 0.15) is 5.82 Å². The van der Waals surface area contributed by atoms with Crippen molar-refractivity contribution >= 4 is 5.82 Å². The maximum Gasteiger partial charge on any atom is 0.128 e. The van der Waals surface area contributed by atoms with Gasteiger partial charge in [-0.15, -0.1) is 0 Å². The van der Waals surface area contributed by atoms with Crippen molar-refractivity contribution in [3.63, 3.8) is 0 Å². The molecule has 3 saturated heterocycles. The summed E-state index contributed by atoms with van der Waals surface area (Å²) >= 11 is 0. The number of anilines is 1. The normalized spacial score (nSPS) is 25.4. The van der Waals surface area contributed by atoms with Crippen molar-refractivity contribution in [2.75, 3.05) is 77.1 Å². The summed E-state index contributed by atoms with van der Waals surface area (Å²) in [6, 6.07) is 6.88. The third-order valence-electron chi connectivity index (χ3n) is 5.34. The van der Waals surface area contributed by atoms with Gasteiger partial charge in [-0.1, -0.05) is 6.07 Å². The Morgan fingerprint density at radius 2 is 1.75 bits per heavy atom. The predicted molar refractivity (Wildman–Crippen MR) is 93.4 cm³/mol. The van der Waals surface area contributed by atoms with Gasteiger partial charge in [-0.2, -0.15) is 0 Å². The van der Waals surface area contributed by atoms with Crippen LogP contribution in [0.25, 0.3) is 0 Å². The Morgan fingerprint density at radius 3 is 2.42 bits per heavy atom. The van der Waals surface area contributed by atoms with Crippen molar-refractivity contribution in [2.24, 2.45) is 5.92 Å². The Kier molecular flexibility index (Phi) is 5.27. The summed E-state index contributed by atoms with van der Waals surface area (Å²) in [7, 11) is 0. The minimum absolute atomic E-state index is 0.537. The molecule has 4 rings (SSSR count). The highest BCUT2D eigenvalue weighted by molar-refractivity contribution is 5.38. The van der Waals surface area contributed by atoms with E-state index in [1.54, 1.807) is 0 Å². The minimum Gasteiger partial charge on any atom is -0.379 e. The van der Waals surface area contributed by atoms with E-state index in [0.29, 0.717) is 5.92 Å². The molecule has 1 aromatic heterocycles. The van der Waals surface area contributed by atoms with Crippen molar-refractivity contribution in [3.05, 3.63) is 24.4 Å². The SMILES string of the molecule is c1ccc(N2CCN(C3CN(CC4COCCOC4)C3)CC2)nc1. The van der Waals surface area contributed by atoms with Crippen molar-refractivity contribution in [1.82, 2.24) is 14.8 Å². The summed E-state index contributed by atoms with van der Waals surface area (Å²) in [5.74, 6) is 1.65. The van der Waals surface area contributed by atoms with E-state index in [0.717, 1.165) is 71.0 Å².